The van der Waals surface area contributed by atoms with Gasteiger partial charge in [0.05, 0.1) is 0 Å². The topological polar surface area (TPSA) is 43.6 Å². The minimum Gasteiger partial charge on any atom is -0.246 e. The first kappa shape index (κ1) is 9.64. The summed E-state index contributed by atoms with van der Waals surface area (Å²) in [6.07, 6.45) is 2.96. The molecule has 0 aliphatic rings. The van der Waals surface area contributed by atoms with Crippen LogP contribution in [-0.4, -0.2) is 20.0 Å². The summed E-state index contributed by atoms with van der Waals surface area (Å²) < 4.78 is 1.70. The van der Waals surface area contributed by atoms with Crippen molar-refractivity contribution >= 4 is 11.2 Å². The lowest BCUT2D eigenvalue weighted by molar-refractivity contribution is 0.736. The Morgan fingerprint density at radius 1 is 1.38 bits per heavy atom. The van der Waals surface area contributed by atoms with Crippen molar-refractivity contribution in [3.63, 3.8) is 0 Å². The number of aryl methyl sites for hydroxylation is 1. The first-order valence-corrected chi connectivity index (χ1v) is 4.40. The molecule has 0 saturated heterocycles. The van der Waals surface area contributed by atoms with Crippen LogP contribution in [0.3, 0.4) is 0 Å². The highest BCUT2D eigenvalue weighted by atomic mass is 15.4. The molecule has 4 heteroatoms. The fourth-order valence-electron chi connectivity index (χ4n) is 0.876. The van der Waals surface area contributed by atoms with Crippen molar-refractivity contribution in [2.24, 2.45) is 7.05 Å². The van der Waals surface area contributed by atoms with Crippen LogP contribution in [0.1, 0.15) is 20.3 Å². The molecule has 0 radical (unpaired) electrons. The second-order valence-electron chi connectivity index (χ2n) is 2.77. The molecule has 0 fully saturated rings. The van der Waals surface area contributed by atoms with E-state index in [0.29, 0.717) is 5.65 Å². The third-order valence-corrected chi connectivity index (χ3v) is 1.39. The number of hydrogen-bond donors (Lipinski definition) is 0. The Bertz CT molecular complexity index is 366. The van der Waals surface area contributed by atoms with E-state index in [1.54, 1.807) is 10.9 Å². The molecule has 0 saturated carbocycles. The Morgan fingerprint density at radius 2 is 2.08 bits per heavy atom. The molecule has 2 heterocycles. The summed E-state index contributed by atoms with van der Waals surface area (Å²) in [5.74, 6) is 0. The molecule has 2 rings (SSSR count). The van der Waals surface area contributed by atoms with E-state index in [9.17, 15) is 0 Å². The first-order valence-electron chi connectivity index (χ1n) is 4.40. The fourth-order valence-corrected chi connectivity index (χ4v) is 0.876. The van der Waals surface area contributed by atoms with Gasteiger partial charge in [-0.2, -0.15) is 0 Å². The van der Waals surface area contributed by atoms with Crippen LogP contribution in [0, 0.1) is 0 Å². The largest absolute Gasteiger partial charge is 0.246 e. The molecule has 0 atom stereocenters. The molecule has 0 aliphatic carbocycles. The van der Waals surface area contributed by atoms with Gasteiger partial charge in [-0.15, -0.1) is 5.10 Å². The first-order chi connectivity index (χ1) is 6.29. The minimum absolute atomic E-state index is 0.699. The number of pyridine rings is 1. The average Bonchev–Trinajstić information content (AvgIpc) is 2.50. The summed E-state index contributed by atoms with van der Waals surface area (Å²) in [5, 5.41) is 7.62. The zero-order valence-electron chi connectivity index (χ0n) is 8.23. The summed E-state index contributed by atoms with van der Waals surface area (Å²) in [6.45, 7) is 4.25. The number of rotatable bonds is 0. The Hall–Kier alpha value is -1.45. The van der Waals surface area contributed by atoms with Gasteiger partial charge in [0.2, 0.25) is 5.65 Å². The summed E-state index contributed by atoms with van der Waals surface area (Å²) in [5.41, 5.74) is 1.66. The van der Waals surface area contributed by atoms with Crippen LogP contribution in [0.25, 0.3) is 11.2 Å². The van der Waals surface area contributed by atoms with Crippen LogP contribution in [0.4, 0.5) is 0 Å². The maximum Gasteiger partial charge on any atom is 0.201 e. The number of fused-ring (bicyclic) bond motifs is 1. The van der Waals surface area contributed by atoms with E-state index in [2.05, 4.69) is 29.1 Å². The van der Waals surface area contributed by atoms with Crippen LogP contribution in [0.15, 0.2) is 18.3 Å². The predicted octanol–water partition coefficient (Wildman–Crippen LogP) is 1.78. The third kappa shape index (κ3) is 2.24. The van der Waals surface area contributed by atoms with Crippen LogP contribution in [-0.2, 0) is 7.05 Å². The van der Waals surface area contributed by atoms with Crippen molar-refractivity contribution in [1.29, 1.82) is 0 Å². The van der Waals surface area contributed by atoms with Gasteiger partial charge in [0.25, 0.3) is 0 Å². The third-order valence-electron chi connectivity index (χ3n) is 1.39. The lowest BCUT2D eigenvalue weighted by Crippen LogP contribution is -1.88. The standard InChI is InChI=1S/C6H6N4.C3H8/c1-10-5-3-2-4-7-6(5)8-9-10;1-3-2/h2-4H,1H3;3H2,1-2H3. The molecule has 0 bridgehead atoms. The molecule has 13 heavy (non-hydrogen) atoms. The summed E-state index contributed by atoms with van der Waals surface area (Å²) in [6, 6.07) is 3.80. The van der Waals surface area contributed by atoms with Gasteiger partial charge >= 0.3 is 0 Å². The lowest BCUT2D eigenvalue weighted by atomic mass is 10.4. The Balaban J connectivity index is 0.000000251. The minimum atomic E-state index is 0.699. The van der Waals surface area contributed by atoms with Gasteiger partial charge in [0, 0.05) is 13.2 Å². The van der Waals surface area contributed by atoms with Crippen molar-refractivity contribution in [3.05, 3.63) is 18.3 Å². The molecule has 0 aliphatic heterocycles. The SMILES string of the molecule is CCC.Cn1nnc2ncccc21. The van der Waals surface area contributed by atoms with E-state index in [0.717, 1.165) is 5.52 Å². The molecule has 0 amide bonds. The van der Waals surface area contributed by atoms with Gasteiger partial charge in [-0.1, -0.05) is 25.5 Å². The van der Waals surface area contributed by atoms with Crippen molar-refractivity contribution in [2.45, 2.75) is 20.3 Å². The second kappa shape index (κ2) is 4.54. The van der Waals surface area contributed by atoms with E-state index < -0.39 is 0 Å². The van der Waals surface area contributed by atoms with Gasteiger partial charge in [0.15, 0.2) is 0 Å². The highest BCUT2D eigenvalue weighted by Crippen LogP contribution is 2.03. The monoisotopic (exact) mass is 178 g/mol. The lowest BCUT2D eigenvalue weighted by Gasteiger charge is -1.86. The van der Waals surface area contributed by atoms with Crippen molar-refractivity contribution < 1.29 is 0 Å². The molecule has 0 aromatic carbocycles. The zero-order chi connectivity index (χ0) is 9.68. The number of hydrogen-bond acceptors (Lipinski definition) is 3. The van der Waals surface area contributed by atoms with E-state index >= 15 is 0 Å². The number of aromatic nitrogens is 4. The van der Waals surface area contributed by atoms with Gasteiger partial charge < -0.3 is 0 Å². The Labute approximate surface area is 77.6 Å². The average molecular weight is 178 g/mol. The van der Waals surface area contributed by atoms with Crippen LogP contribution in [0.5, 0.6) is 0 Å². The Kier molecular flexibility index (Phi) is 3.37. The second-order valence-corrected chi connectivity index (χ2v) is 2.77. The molecule has 0 unspecified atom stereocenters. The summed E-state index contributed by atoms with van der Waals surface area (Å²) in [7, 11) is 1.84. The zero-order valence-corrected chi connectivity index (χ0v) is 8.23. The molecule has 0 spiro atoms. The molecular formula is C9H14N4. The molecule has 0 N–H and O–H groups in total. The Morgan fingerprint density at radius 3 is 2.69 bits per heavy atom. The van der Waals surface area contributed by atoms with Crippen LogP contribution < -0.4 is 0 Å². The maximum atomic E-state index is 4.01. The normalized spacial score (nSPS) is 9.46. The maximum absolute atomic E-state index is 4.01. The van der Waals surface area contributed by atoms with Gasteiger partial charge in [0.1, 0.15) is 5.52 Å². The quantitative estimate of drug-likeness (QED) is 0.617. The van der Waals surface area contributed by atoms with Gasteiger partial charge in [-0.05, 0) is 12.1 Å². The highest BCUT2D eigenvalue weighted by molar-refractivity contribution is 5.68. The molecule has 2 aromatic rings. The summed E-state index contributed by atoms with van der Waals surface area (Å²) >= 11 is 0. The number of nitrogens with zero attached hydrogens (tertiary/aromatic N) is 4. The van der Waals surface area contributed by atoms with Crippen molar-refractivity contribution in [2.75, 3.05) is 0 Å². The van der Waals surface area contributed by atoms with Gasteiger partial charge in [-0.25, -0.2) is 9.67 Å². The smallest absolute Gasteiger partial charge is 0.201 e. The van der Waals surface area contributed by atoms with E-state index in [1.165, 1.54) is 6.42 Å². The molecule has 4 nitrogen and oxygen atoms in total. The summed E-state index contributed by atoms with van der Waals surface area (Å²) in [4.78, 5) is 4.01. The van der Waals surface area contributed by atoms with E-state index in [4.69, 9.17) is 0 Å². The van der Waals surface area contributed by atoms with E-state index in [1.807, 2.05) is 19.2 Å². The molecular weight excluding hydrogens is 164 g/mol. The van der Waals surface area contributed by atoms with Gasteiger partial charge in [-0.3, -0.25) is 0 Å². The fraction of sp³-hybridized carbons (Fsp3) is 0.444. The van der Waals surface area contributed by atoms with Crippen molar-refractivity contribution in [1.82, 2.24) is 20.0 Å². The molecule has 70 valence electrons. The highest BCUT2D eigenvalue weighted by Gasteiger charge is 1.97. The predicted molar refractivity (Wildman–Crippen MR) is 52.3 cm³/mol. The van der Waals surface area contributed by atoms with E-state index in [-0.39, 0.29) is 0 Å². The molecule has 2 aromatic heterocycles. The van der Waals surface area contributed by atoms with Crippen LogP contribution in [0.2, 0.25) is 0 Å². The van der Waals surface area contributed by atoms with Crippen molar-refractivity contribution in [3.8, 4) is 0 Å². The van der Waals surface area contributed by atoms with Crippen LogP contribution >= 0.6 is 0 Å².